The minimum atomic E-state index is -4.59. The summed E-state index contributed by atoms with van der Waals surface area (Å²) in [6.45, 7) is 2.98. The first kappa shape index (κ1) is 25.9. The highest BCUT2D eigenvalue weighted by molar-refractivity contribution is 6.30. The lowest BCUT2D eigenvalue weighted by Crippen LogP contribution is -2.53. The van der Waals surface area contributed by atoms with Crippen LogP contribution >= 0.6 is 11.6 Å². The number of carboxylic acid groups (broad SMARTS) is 1. The third-order valence-corrected chi connectivity index (χ3v) is 7.87. The Morgan fingerprint density at radius 2 is 1.83 bits per heavy atom. The van der Waals surface area contributed by atoms with Crippen LogP contribution in [0.1, 0.15) is 51.0 Å². The molecular formula is C24H30ClF3N2O5. The number of benzene rings is 1. The maximum Gasteiger partial charge on any atom is 0.425 e. The number of likely N-dealkylation sites (tertiary alicyclic amines) is 2. The molecule has 4 rings (SSSR count). The first-order chi connectivity index (χ1) is 16.4. The summed E-state index contributed by atoms with van der Waals surface area (Å²) in [6.07, 6.45) is -3.31. The minimum Gasteiger partial charge on any atom is -0.492 e. The fraction of sp³-hybridized carbons (Fsp3) is 0.667. The lowest BCUT2D eigenvalue weighted by molar-refractivity contribution is -0.200. The van der Waals surface area contributed by atoms with E-state index in [1.165, 1.54) is 4.90 Å². The van der Waals surface area contributed by atoms with Gasteiger partial charge in [0.15, 0.2) is 6.10 Å². The molecule has 11 heteroatoms. The number of piperidine rings is 1. The molecule has 2 saturated heterocycles. The molecule has 2 aliphatic heterocycles. The van der Waals surface area contributed by atoms with Crippen LogP contribution in [-0.2, 0) is 16.1 Å². The van der Waals surface area contributed by atoms with Gasteiger partial charge in [0.2, 0.25) is 0 Å². The summed E-state index contributed by atoms with van der Waals surface area (Å²) < 4.78 is 48.8. The molecule has 1 unspecified atom stereocenters. The van der Waals surface area contributed by atoms with Crippen LogP contribution in [0.4, 0.5) is 18.0 Å². The zero-order valence-electron chi connectivity index (χ0n) is 19.6. The predicted octanol–water partition coefficient (Wildman–Crippen LogP) is 5.10. The van der Waals surface area contributed by atoms with Crippen molar-refractivity contribution in [2.45, 2.75) is 69.8 Å². The van der Waals surface area contributed by atoms with E-state index < -0.39 is 29.8 Å². The molecule has 2 heterocycles. The SMILES string of the molecule is CC(OC(=O)N1CCC2(CCCN2Cc2ccc(Cl)cc2OCC2(C(=O)O)CC2)CC1)C(F)(F)F. The lowest BCUT2D eigenvalue weighted by atomic mass is 9.85. The first-order valence-corrected chi connectivity index (χ1v) is 12.2. The summed E-state index contributed by atoms with van der Waals surface area (Å²) >= 11 is 6.18. The number of hydrogen-bond donors (Lipinski definition) is 1. The van der Waals surface area contributed by atoms with E-state index in [-0.39, 0.29) is 12.1 Å². The third-order valence-electron chi connectivity index (χ3n) is 7.63. The Morgan fingerprint density at radius 1 is 1.14 bits per heavy atom. The van der Waals surface area contributed by atoms with E-state index >= 15 is 0 Å². The van der Waals surface area contributed by atoms with Crippen molar-refractivity contribution in [2.24, 2.45) is 5.41 Å². The molecule has 1 aromatic rings. The molecule has 1 atom stereocenters. The normalized spacial score (nSPS) is 22.1. The molecule has 3 aliphatic rings. The number of aliphatic carboxylic acids is 1. The van der Waals surface area contributed by atoms with Crippen LogP contribution in [-0.4, -0.2) is 71.0 Å². The largest absolute Gasteiger partial charge is 0.492 e. The molecule has 1 aliphatic carbocycles. The van der Waals surface area contributed by atoms with Gasteiger partial charge in [-0.1, -0.05) is 17.7 Å². The second kappa shape index (κ2) is 9.69. The zero-order chi connectivity index (χ0) is 25.4. The van der Waals surface area contributed by atoms with Crippen LogP contribution in [0.5, 0.6) is 5.75 Å². The van der Waals surface area contributed by atoms with Crippen LogP contribution in [0.25, 0.3) is 0 Å². The van der Waals surface area contributed by atoms with Gasteiger partial charge in [0, 0.05) is 35.8 Å². The highest BCUT2D eigenvalue weighted by atomic mass is 35.5. The first-order valence-electron chi connectivity index (χ1n) is 11.9. The molecule has 0 bridgehead atoms. The summed E-state index contributed by atoms with van der Waals surface area (Å²) in [6, 6.07) is 5.37. The monoisotopic (exact) mass is 518 g/mol. The lowest BCUT2D eigenvalue weighted by Gasteiger charge is -2.45. The number of amides is 1. The number of carbonyl (C=O) groups is 2. The second-order valence-electron chi connectivity index (χ2n) is 9.93. The van der Waals surface area contributed by atoms with Crippen molar-refractivity contribution >= 4 is 23.7 Å². The van der Waals surface area contributed by atoms with Crippen molar-refractivity contribution < 1.29 is 37.3 Å². The summed E-state index contributed by atoms with van der Waals surface area (Å²) in [4.78, 5) is 27.4. The van der Waals surface area contributed by atoms with E-state index in [0.717, 1.165) is 31.9 Å². The Hall–Kier alpha value is -2.20. The van der Waals surface area contributed by atoms with E-state index in [9.17, 15) is 27.9 Å². The number of halogens is 4. The van der Waals surface area contributed by atoms with E-state index in [1.807, 2.05) is 6.07 Å². The zero-order valence-corrected chi connectivity index (χ0v) is 20.3. The van der Waals surface area contributed by atoms with E-state index in [2.05, 4.69) is 9.64 Å². The fourth-order valence-electron chi connectivity index (χ4n) is 4.99. The van der Waals surface area contributed by atoms with Gasteiger partial charge in [-0.3, -0.25) is 9.69 Å². The number of carboxylic acids is 1. The molecule has 0 radical (unpaired) electrons. The Morgan fingerprint density at radius 3 is 2.43 bits per heavy atom. The third kappa shape index (κ3) is 5.63. The van der Waals surface area contributed by atoms with Gasteiger partial charge in [-0.15, -0.1) is 0 Å². The average Bonchev–Trinajstić information content (AvgIpc) is 3.51. The topological polar surface area (TPSA) is 79.3 Å². The van der Waals surface area contributed by atoms with Gasteiger partial charge >= 0.3 is 18.2 Å². The van der Waals surface area contributed by atoms with E-state index in [4.69, 9.17) is 16.3 Å². The molecule has 35 heavy (non-hydrogen) atoms. The maximum absolute atomic E-state index is 12.7. The molecule has 1 aromatic carbocycles. The van der Waals surface area contributed by atoms with Crippen LogP contribution < -0.4 is 4.74 Å². The van der Waals surface area contributed by atoms with Gasteiger partial charge in [-0.05, 0) is 64.1 Å². The van der Waals surface area contributed by atoms with E-state index in [0.29, 0.717) is 56.1 Å². The molecule has 7 nitrogen and oxygen atoms in total. The molecule has 1 saturated carbocycles. The number of nitrogens with zero attached hydrogens (tertiary/aromatic N) is 2. The van der Waals surface area contributed by atoms with Gasteiger partial charge in [-0.2, -0.15) is 13.2 Å². The molecule has 1 N–H and O–H groups in total. The number of rotatable bonds is 7. The standard InChI is InChI=1S/C24H30ClF3N2O5/c1-16(24(26,27)28)35-21(33)29-11-8-23(9-12-29)5-2-10-30(23)14-17-3-4-18(25)13-19(17)34-15-22(6-7-22)20(31)32/h3-4,13,16H,2,5-12,14-15H2,1H3,(H,31,32). The Kier molecular flexibility index (Phi) is 7.16. The minimum absolute atomic E-state index is 0.0915. The van der Waals surface area contributed by atoms with Crippen LogP contribution in [0.15, 0.2) is 18.2 Å². The molecule has 0 aromatic heterocycles. The van der Waals surface area contributed by atoms with Gasteiger partial charge in [0.1, 0.15) is 17.8 Å². The molecular weight excluding hydrogens is 489 g/mol. The van der Waals surface area contributed by atoms with Crippen molar-refractivity contribution in [3.63, 3.8) is 0 Å². The number of alkyl halides is 3. The fourth-order valence-corrected chi connectivity index (χ4v) is 5.15. The van der Waals surface area contributed by atoms with Gasteiger partial charge in [0.25, 0.3) is 0 Å². The summed E-state index contributed by atoms with van der Waals surface area (Å²) in [5.74, 6) is -0.288. The quantitative estimate of drug-likeness (QED) is 0.541. The number of hydrogen-bond acceptors (Lipinski definition) is 5. The molecule has 1 spiro atoms. The van der Waals surface area contributed by atoms with Crippen LogP contribution in [0.3, 0.4) is 0 Å². The van der Waals surface area contributed by atoms with Crippen molar-refractivity contribution in [3.05, 3.63) is 28.8 Å². The number of ether oxygens (including phenoxy) is 2. The Bertz CT molecular complexity index is 961. The summed E-state index contributed by atoms with van der Waals surface area (Å²) in [7, 11) is 0. The van der Waals surface area contributed by atoms with Crippen molar-refractivity contribution in [3.8, 4) is 5.75 Å². The summed E-state index contributed by atoms with van der Waals surface area (Å²) in [5, 5.41) is 9.94. The molecule has 3 fully saturated rings. The van der Waals surface area contributed by atoms with Crippen molar-refractivity contribution in [1.82, 2.24) is 9.80 Å². The second-order valence-corrected chi connectivity index (χ2v) is 10.4. The molecule has 1 amide bonds. The van der Waals surface area contributed by atoms with Crippen molar-refractivity contribution in [2.75, 3.05) is 26.2 Å². The van der Waals surface area contributed by atoms with Gasteiger partial charge < -0.3 is 19.5 Å². The Balaban J connectivity index is 1.39. The van der Waals surface area contributed by atoms with E-state index in [1.54, 1.807) is 12.1 Å². The maximum atomic E-state index is 12.7. The van der Waals surface area contributed by atoms with Crippen LogP contribution in [0.2, 0.25) is 5.02 Å². The Labute approximate surface area is 207 Å². The van der Waals surface area contributed by atoms with Crippen LogP contribution in [0, 0.1) is 5.41 Å². The average molecular weight is 519 g/mol. The molecule has 194 valence electrons. The number of carbonyl (C=O) groups excluding carboxylic acids is 1. The highest BCUT2D eigenvalue weighted by Crippen LogP contribution is 2.47. The predicted molar refractivity (Wildman–Crippen MR) is 121 cm³/mol. The van der Waals surface area contributed by atoms with Crippen molar-refractivity contribution in [1.29, 1.82) is 0 Å². The smallest absolute Gasteiger partial charge is 0.425 e. The van der Waals surface area contributed by atoms with Gasteiger partial charge in [-0.25, -0.2) is 4.79 Å². The highest BCUT2D eigenvalue weighted by Gasteiger charge is 2.51. The summed E-state index contributed by atoms with van der Waals surface area (Å²) in [5.41, 5.74) is -0.0839. The van der Waals surface area contributed by atoms with Gasteiger partial charge in [0.05, 0.1) is 0 Å².